The van der Waals surface area contributed by atoms with Crippen LogP contribution in [-0.4, -0.2) is 23.3 Å². The van der Waals surface area contributed by atoms with Crippen LogP contribution in [0.25, 0.3) is 0 Å². The molecule has 0 amide bonds. The molecule has 1 saturated heterocycles. The molecule has 6 bridgehead atoms. The SMILES string of the molecule is CC(C)CCCCCCCCCCC12CC3(C1)CC2(C12CC4(COC(=O)C1(O)C4)C2)C3. The Morgan fingerprint density at radius 2 is 1.35 bits per heavy atom. The van der Waals surface area contributed by atoms with E-state index in [1.54, 1.807) is 0 Å². The van der Waals surface area contributed by atoms with Crippen molar-refractivity contribution >= 4 is 5.97 Å². The summed E-state index contributed by atoms with van der Waals surface area (Å²) in [7, 11) is 0. The summed E-state index contributed by atoms with van der Waals surface area (Å²) in [4.78, 5) is 12.7. The minimum Gasteiger partial charge on any atom is -0.463 e. The summed E-state index contributed by atoms with van der Waals surface area (Å²) in [6, 6.07) is 0. The second-order valence-corrected chi connectivity index (χ2v) is 13.9. The highest BCUT2D eigenvalue weighted by atomic mass is 16.6. The first-order valence-corrected chi connectivity index (χ1v) is 13.6. The fourth-order valence-electron chi connectivity index (χ4n) is 10.8. The normalized spacial score (nSPS) is 50.1. The van der Waals surface area contributed by atoms with Crippen molar-refractivity contribution in [1.29, 1.82) is 0 Å². The van der Waals surface area contributed by atoms with Crippen LogP contribution in [0.1, 0.15) is 123 Å². The standard InChI is InChI=1S/C28H44O3/c1-21(2)11-9-7-5-3-4-6-8-10-12-25-13-23(14-25)15-26(25,16-23)27-17-24(18-27)19-28(27,30)22(29)31-20-24/h21,30H,3-20H2,1-2H3. The Morgan fingerprint density at radius 1 is 0.774 bits per heavy atom. The van der Waals surface area contributed by atoms with Crippen molar-refractivity contribution in [2.75, 3.05) is 6.61 Å². The zero-order valence-electron chi connectivity index (χ0n) is 20.1. The average molecular weight is 429 g/mol. The van der Waals surface area contributed by atoms with Gasteiger partial charge >= 0.3 is 5.97 Å². The maximum atomic E-state index is 12.7. The number of rotatable bonds is 12. The van der Waals surface area contributed by atoms with E-state index in [0.717, 1.165) is 18.8 Å². The van der Waals surface area contributed by atoms with Crippen LogP contribution in [0.2, 0.25) is 0 Å². The largest absolute Gasteiger partial charge is 0.463 e. The number of ether oxygens (including phenoxy) is 1. The summed E-state index contributed by atoms with van der Waals surface area (Å²) in [5.41, 5.74) is 0.133. The highest BCUT2D eigenvalue weighted by molar-refractivity contribution is 5.84. The summed E-state index contributed by atoms with van der Waals surface area (Å²) >= 11 is 0. The molecule has 0 radical (unpaired) electrons. The summed E-state index contributed by atoms with van der Waals surface area (Å²) in [5.74, 6) is 0.580. The second-order valence-electron chi connectivity index (χ2n) is 13.9. The molecule has 9 saturated carbocycles. The molecule has 10 rings (SSSR count). The molecule has 0 aromatic rings. The van der Waals surface area contributed by atoms with E-state index in [1.807, 2.05) is 0 Å². The number of carbonyl (C=O) groups excluding carboxylic acids is 1. The quantitative estimate of drug-likeness (QED) is 0.283. The van der Waals surface area contributed by atoms with Crippen LogP contribution in [0.3, 0.4) is 0 Å². The highest BCUT2D eigenvalue weighted by Crippen LogP contribution is 2.98. The molecule has 1 N–H and O–H groups in total. The molecule has 9 aliphatic carbocycles. The summed E-state index contributed by atoms with van der Waals surface area (Å²) < 4.78 is 5.52. The first kappa shape index (κ1) is 21.0. The number of cyclic esters (lactones) is 1. The predicted octanol–water partition coefficient (Wildman–Crippen LogP) is 6.56. The molecule has 31 heavy (non-hydrogen) atoms. The van der Waals surface area contributed by atoms with Gasteiger partial charge in [-0.1, -0.05) is 71.6 Å². The van der Waals surface area contributed by atoms with E-state index in [0.29, 0.717) is 23.9 Å². The third kappa shape index (κ3) is 2.48. The Kier molecular flexibility index (Phi) is 4.41. The van der Waals surface area contributed by atoms with Crippen LogP contribution < -0.4 is 0 Å². The van der Waals surface area contributed by atoms with Crippen molar-refractivity contribution < 1.29 is 14.6 Å². The molecule has 3 nitrogen and oxygen atoms in total. The fourth-order valence-corrected chi connectivity index (χ4v) is 10.8. The predicted molar refractivity (Wildman–Crippen MR) is 121 cm³/mol. The van der Waals surface area contributed by atoms with Gasteiger partial charge in [0.05, 0.1) is 6.61 Å². The highest BCUT2D eigenvalue weighted by Gasteiger charge is 2.94. The Hall–Kier alpha value is -0.570. The van der Waals surface area contributed by atoms with E-state index in [9.17, 15) is 9.90 Å². The van der Waals surface area contributed by atoms with Gasteiger partial charge in [-0.2, -0.15) is 0 Å². The molecule has 2 spiro atoms. The number of hydrogen-bond acceptors (Lipinski definition) is 3. The number of aliphatic hydroxyl groups is 1. The van der Waals surface area contributed by atoms with Crippen LogP contribution in [-0.2, 0) is 9.53 Å². The van der Waals surface area contributed by atoms with Gasteiger partial charge in [0.15, 0.2) is 5.60 Å². The van der Waals surface area contributed by atoms with Crippen molar-refractivity contribution in [2.24, 2.45) is 33.0 Å². The summed E-state index contributed by atoms with van der Waals surface area (Å²) in [6.07, 6.45) is 22.2. The Balaban J connectivity index is 1.02. The molecule has 1 heterocycles. The van der Waals surface area contributed by atoms with Crippen LogP contribution in [0.5, 0.6) is 0 Å². The van der Waals surface area contributed by atoms with E-state index in [4.69, 9.17) is 4.74 Å². The fraction of sp³-hybridized carbons (Fsp3) is 0.964. The van der Waals surface area contributed by atoms with Gasteiger partial charge < -0.3 is 9.84 Å². The van der Waals surface area contributed by atoms with Crippen molar-refractivity contribution in [3.8, 4) is 0 Å². The molecule has 1 atom stereocenters. The maximum Gasteiger partial charge on any atom is 0.338 e. The van der Waals surface area contributed by atoms with Gasteiger partial charge in [-0.3, -0.25) is 0 Å². The number of esters is 1. The third-order valence-corrected chi connectivity index (χ3v) is 11.5. The first-order valence-electron chi connectivity index (χ1n) is 13.6. The monoisotopic (exact) mass is 428 g/mol. The van der Waals surface area contributed by atoms with Crippen LogP contribution in [0, 0.1) is 33.0 Å². The number of hydrogen-bond donors (Lipinski definition) is 1. The van der Waals surface area contributed by atoms with Crippen LogP contribution in [0.4, 0.5) is 0 Å². The average Bonchev–Trinajstić information content (AvgIpc) is 3.35. The minimum absolute atomic E-state index is 0.128. The van der Waals surface area contributed by atoms with E-state index in [-0.39, 0.29) is 22.2 Å². The van der Waals surface area contributed by atoms with Gasteiger partial charge in [0.1, 0.15) is 0 Å². The molecular formula is C28H44O3. The maximum absolute atomic E-state index is 12.7. The molecule has 0 aromatic heterocycles. The second kappa shape index (κ2) is 6.51. The molecule has 0 aromatic carbocycles. The molecule has 1 aliphatic heterocycles. The van der Waals surface area contributed by atoms with Gasteiger partial charge in [0, 0.05) is 10.8 Å². The third-order valence-electron chi connectivity index (χ3n) is 11.5. The van der Waals surface area contributed by atoms with Gasteiger partial charge in [-0.25, -0.2) is 4.79 Å². The number of unbranched alkanes of at least 4 members (excludes halogenated alkanes) is 7. The van der Waals surface area contributed by atoms with E-state index in [2.05, 4.69) is 13.8 Å². The molecule has 10 fully saturated rings. The topological polar surface area (TPSA) is 46.5 Å². The van der Waals surface area contributed by atoms with Crippen LogP contribution in [0.15, 0.2) is 0 Å². The molecule has 1 unspecified atom stereocenters. The van der Waals surface area contributed by atoms with Crippen molar-refractivity contribution in [1.82, 2.24) is 0 Å². The lowest BCUT2D eigenvalue weighted by Crippen LogP contribution is -2.63. The Bertz CT molecular complexity index is 746. The van der Waals surface area contributed by atoms with E-state index >= 15 is 0 Å². The van der Waals surface area contributed by atoms with Crippen molar-refractivity contribution in [2.45, 2.75) is 129 Å². The lowest BCUT2D eigenvalue weighted by atomic mass is 9.40. The van der Waals surface area contributed by atoms with E-state index in [1.165, 1.54) is 89.9 Å². The van der Waals surface area contributed by atoms with Gasteiger partial charge in [-0.05, 0) is 73.5 Å². The smallest absolute Gasteiger partial charge is 0.338 e. The molecular weight excluding hydrogens is 384 g/mol. The summed E-state index contributed by atoms with van der Waals surface area (Å²) in [6.45, 7) is 5.23. The van der Waals surface area contributed by atoms with Crippen molar-refractivity contribution in [3.05, 3.63) is 0 Å². The number of carbonyl (C=O) groups is 1. The molecule has 174 valence electrons. The van der Waals surface area contributed by atoms with Crippen LogP contribution >= 0.6 is 0 Å². The Labute approximate surface area is 189 Å². The zero-order chi connectivity index (χ0) is 21.6. The molecule has 10 aliphatic rings. The van der Waals surface area contributed by atoms with Gasteiger partial charge in [0.2, 0.25) is 0 Å². The summed E-state index contributed by atoms with van der Waals surface area (Å²) in [5, 5.41) is 11.6. The lowest BCUT2D eigenvalue weighted by Gasteiger charge is -2.62. The first-order chi connectivity index (χ1) is 14.7. The zero-order valence-corrected chi connectivity index (χ0v) is 20.1. The lowest BCUT2D eigenvalue weighted by molar-refractivity contribution is -0.205. The van der Waals surface area contributed by atoms with E-state index < -0.39 is 5.60 Å². The molecule has 3 heteroatoms. The van der Waals surface area contributed by atoms with Gasteiger partial charge in [-0.15, -0.1) is 0 Å². The Morgan fingerprint density at radius 3 is 2.00 bits per heavy atom. The van der Waals surface area contributed by atoms with Crippen molar-refractivity contribution in [3.63, 3.8) is 0 Å². The minimum atomic E-state index is -1.16. The van der Waals surface area contributed by atoms with Gasteiger partial charge in [0.25, 0.3) is 0 Å².